The van der Waals surface area contributed by atoms with Crippen LogP contribution in [0.3, 0.4) is 0 Å². The van der Waals surface area contributed by atoms with E-state index in [0.29, 0.717) is 15.7 Å². The molecule has 0 saturated carbocycles. The summed E-state index contributed by atoms with van der Waals surface area (Å²) in [5, 5.41) is 12.9. The van der Waals surface area contributed by atoms with E-state index in [0.717, 1.165) is 4.90 Å². The number of amides is 4. The first-order valence-electron chi connectivity index (χ1n) is 8.41. The van der Waals surface area contributed by atoms with Gasteiger partial charge >= 0.3 is 6.03 Å². The van der Waals surface area contributed by atoms with Gasteiger partial charge in [0.2, 0.25) is 0 Å². The Morgan fingerprint density at radius 3 is 2.48 bits per heavy atom. The van der Waals surface area contributed by atoms with Crippen LogP contribution in [0, 0.1) is 0 Å². The molecule has 0 unspecified atom stereocenters. The van der Waals surface area contributed by atoms with E-state index in [-0.39, 0.29) is 11.3 Å². The highest BCUT2D eigenvalue weighted by Crippen LogP contribution is 2.25. The molecule has 0 aromatic heterocycles. The zero-order valence-electron chi connectivity index (χ0n) is 15.0. The van der Waals surface area contributed by atoms with Gasteiger partial charge in [-0.1, -0.05) is 34.1 Å². The molecule has 1 saturated heterocycles. The van der Waals surface area contributed by atoms with Gasteiger partial charge in [-0.25, -0.2) is 9.69 Å². The highest BCUT2D eigenvalue weighted by Gasteiger charge is 2.36. The number of hydrogen-bond acceptors (Lipinski definition) is 6. The molecular formula is C20H14BrN2O6-. The molecule has 1 atom stereocenters. The van der Waals surface area contributed by atoms with E-state index in [1.165, 1.54) is 25.1 Å². The van der Waals surface area contributed by atoms with E-state index in [2.05, 4.69) is 21.2 Å². The number of nitrogens with one attached hydrogen (secondary N) is 1. The number of hydrogen-bond donors (Lipinski definition) is 1. The van der Waals surface area contributed by atoms with Crippen molar-refractivity contribution < 1.29 is 29.0 Å². The van der Waals surface area contributed by atoms with Crippen LogP contribution in [0.2, 0.25) is 0 Å². The number of urea groups is 1. The Bertz CT molecular complexity index is 1030. The summed E-state index contributed by atoms with van der Waals surface area (Å²) >= 11 is 3.28. The topological polar surface area (TPSA) is 116 Å². The number of imide groups is 2. The average Bonchev–Trinajstić information content (AvgIpc) is 2.66. The molecule has 148 valence electrons. The number of carbonyl (C=O) groups excluding carboxylic acids is 4. The second kappa shape index (κ2) is 8.27. The highest BCUT2D eigenvalue weighted by molar-refractivity contribution is 9.10. The maximum absolute atomic E-state index is 12.8. The van der Waals surface area contributed by atoms with Crippen LogP contribution in [0.15, 0.2) is 58.6 Å². The normalized spacial score (nSPS) is 16.6. The summed E-state index contributed by atoms with van der Waals surface area (Å²) in [5.41, 5.74) is 0.571. The van der Waals surface area contributed by atoms with Crippen molar-refractivity contribution >= 4 is 51.5 Å². The fourth-order valence-electron chi connectivity index (χ4n) is 2.57. The van der Waals surface area contributed by atoms with Gasteiger partial charge in [-0.15, -0.1) is 0 Å². The molecule has 3 rings (SSSR count). The van der Waals surface area contributed by atoms with Crippen molar-refractivity contribution in [2.75, 3.05) is 4.90 Å². The smallest absolute Gasteiger partial charge is 0.335 e. The van der Waals surface area contributed by atoms with Crippen LogP contribution in [0.4, 0.5) is 10.5 Å². The van der Waals surface area contributed by atoms with Crippen LogP contribution >= 0.6 is 15.9 Å². The van der Waals surface area contributed by atoms with Gasteiger partial charge in [0.1, 0.15) is 17.4 Å². The Hall–Kier alpha value is -3.46. The molecule has 8 nitrogen and oxygen atoms in total. The number of barbiturate groups is 1. The number of halogens is 1. The molecule has 0 radical (unpaired) electrons. The Morgan fingerprint density at radius 1 is 1.17 bits per heavy atom. The number of anilines is 1. The Labute approximate surface area is 173 Å². The molecule has 0 bridgehead atoms. The Kier molecular flexibility index (Phi) is 5.79. The predicted octanol–water partition coefficient (Wildman–Crippen LogP) is 1.63. The van der Waals surface area contributed by atoms with E-state index in [9.17, 15) is 24.3 Å². The highest BCUT2D eigenvalue weighted by atomic mass is 79.9. The molecule has 0 aliphatic carbocycles. The summed E-state index contributed by atoms with van der Waals surface area (Å²) in [4.78, 5) is 48.8. The van der Waals surface area contributed by atoms with Crippen molar-refractivity contribution in [3.63, 3.8) is 0 Å². The molecule has 29 heavy (non-hydrogen) atoms. The van der Waals surface area contributed by atoms with Gasteiger partial charge in [0.05, 0.1) is 11.7 Å². The quantitative estimate of drug-likeness (QED) is 0.538. The van der Waals surface area contributed by atoms with Crippen LogP contribution in [0.1, 0.15) is 12.5 Å². The predicted molar refractivity (Wildman–Crippen MR) is 105 cm³/mol. The van der Waals surface area contributed by atoms with Crippen molar-refractivity contribution in [1.29, 1.82) is 0 Å². The number of carbonyl (C=O) groups is 4. The number of rotatable bonds is 5. The zero-order valence-corrected chi connectivity index (χ0v) is 16.6. The fourth-order valence-corrected chi connectivity index (χ4v) is 2.96. The van der Waals surface area contributed by atoms with Gasteiger partial charge < -0.3 is 14.6 Å². The van der Waals surface area contributed by atoms with E-state index >= 15 is 0 Å². The second-order valence-corrected chi connectivity index (χ2v) is 7.00. The van der Waals surface area contributed by atoms with Crippen LogP contribution < -0.4 is 20.1 Å². The molecule has 1 aliphatic rings. The van der Waals surface area contributed by atoms with E-state index in [1.807, 2.05) is 0 Å². The van der Waals surface area contributed by atoms with Crippen LogP contribution in [-0.2, 0) is 14.4 Å². The summed E-state index contributed by atoms with van der Waals surface area (Å²) in [6.07, 6.45) is 0.204. The van der Waals surface area contributed by atoms with E-state index in [1.54, 1.807) is 36.4 Å². The fraction of sp³-hybridized carbons (Fsp3) is 0.100. The monoisotopic (exact) mass is 457 g/mol. The van der Waals surface area contributed by atoms with Crippen LogP contribution in [0.5, 0.6) is 5.75 Å². The van der Waals surface area contributed by atoms with Crippen LogP contribution in [0.25, 0.3) is 6.08 Å². The number of aliphatic carboxylic acids is 1. The lowest BCUT2D eigenvalue weighted by Gasteiger charge is -2.26. The standard InChI is InChI=1S/C20H15BrN2O6/c1-11(19(26)27)29-15-7-5-12(6-8-15)9-16-17(24)22-20(28)23(18(16)25)14-4-2-3-13(21)10-14/h2-11H,1H3,(H,26,27)(H,22,24,28)/p-1/b16-9+/t11-/m0/s1. The average molecular weight is 458 g/mol. The van der Waals surface area contributed by atoms with Gasteiger partial charge in [-0.3, -0.25) is 14.9 Å². The SMILES string of the molecule is C[C@H](Oc1ccc(/C=C2\C(=O)NC(=O)N(c3cccc(Br)c3)C2=O)cc1)C(=O)[O-]. The summed E-state index contributed by atoms with van der Waals surface area (Å²) in [7, 11) is 0. The minimum atomic E-state index is -1.35. The van der Waals surface area contributed by atoms with Crippen molar-refractivity contribution in [2.45, 2.75) is 13.0 Å². The maximum atomic E-state index is 12.8. The van der Waals surface area contributed by atoms with Crippen molar-refractivity contribution in [3.05, 3.63) is 64.1 Å². The van der Waals surface area contributed by atoms with Crippen molar-refractivity contribution in [1.82, 2.24) is 5.32 Å². The van der Waals surface area contributed by atoms with Gasteiger partial charge in [-0.2, -0.15) is 0 Å². The minimum absolute atomic E-state index is 0.221. The first-order valence-corrected chi connectivity index (χ1v) is 9.20. The van der Waals surface area contributed by atoms with E-state index < -0.39 is 29.9 Å². The van der Waals surface area contributed by atoms with Crippen molar-refractivity contribution in [2.24, 2.45) is 0 Å². The summed E-state index contributed by atoms with van der Waals surface area (Å²) in [6, 6.07) is 11.8. The first-order chi connectivity index (χ1) is 13.8. The minimum Gasteiger partial charge on any atom is -0.546 e. The molecule has 1 heterocycles. The third-order valence-electron chi connectivity index (χ3n) is 4.00. The molecule has 1 N–H and O–H groups in total. The molecule has 1 aliphatic heterocycles. The molecule has 1 fully saturated rings. The zero-order chi connectivity index (χ0) is 21.1. The molecular weight excluding hydrogens is 444 g/mol. The van der Waals surface area contributed by atoms with Gasteiger partial charge in [0.25, 0.3) is 11.8 Å². The number of carboxylic acid groups (broad SMARTS) is 1. The lowest BCUT2D eigenvalue weighted by Crippen LogP contribution is -2.54. The summed E-state index contributed by atoms with van der Waals surface area (Å²) < 4.78 is 5.84. The third-order valence-corrected chi connectivity index (χ3v) is 4.50. The van der Waals surface area contributed by atoms with Gasteiger partial charge in [0, 0.05) is 4.47 Å². The number of nitrogens with zero attached hydrogens (tertiary/aromatic N) is 1. The van der Waals surface area contributed by atoms with E-state index in [4.69, 9.17) is 4.74 Å². The summed E-state index contributed by atoms with van der Waals surface area (Å²) in [6.45, 7) is 1.34. The van der Waals surface area contributed by atoms with Crippen molar-refractivity contribution in [3.8, 4) is 5.75 Å². The lowest BCUT2D eigenvalue weighted by atomic mass is 10.1. The molecule has 0 spiro atoms. The lowest BCUT2D eigenvalue weighted by molar-refractivity contribution is -0.312. The number of benzene rings is 2. The maximum Gasteiger partial charge on any atom is 0.335 e. The number of carboxylic acids is 1. The van der Waals surface area contributed by atoms with Gasteiger partial charge in [0.15, 0.2) is 0 Å². The first kappa shape index (κ1) is 20.3. The summed E-state index contributed by atoms with van der Waals surface area (Å²) in [5.74, 6) is -2.63. The molecule has 4 amide bonds. The number of ether oxygens (including phenoxy) is 1. The third kappa shape index (κ3) is 4.52. The Morgan fingerprint density at radius 2 is 1.86 bits per heavy atom. The second-order valence-electron chi connectivity index (χ2n) is 6.09. The molecule has 9 heteroatoms. The molecule has 2 aromatic rings. The van der Waals surface area contributed by atoms with Gasteiger partial charge in [-0.05, 0) is 48.9 Å². The largest absolute Gasteiger partial charge is 0.546 e. The van der Waals surface area contributed by atoms with Crippen LogP contribution in [-0.4, -0.2) is 29.9 Å². The Balaban J connectivity index is 1.87. The molecule has 2 aromatic carbocycles.